The number of rotatable bonds is 4. The maximum absolute atomic E-state index is 3.52. The molecule has 0 radical (unpaired) electrons. The van der Waals surface area contributed by atoms with E-state index in [1.165, 1.54) is 82.7 Å². The van der Waals surface area contributed by atoms with Crippen LogP contribution in [0.3, 0.4) is 0 Å². The van der Waals surface area contributed by atoms with E-state index in [2.05, 4.69) is 222 Å². The third-order valence-corrected chi connectivity index (χ3v) is 23.6. The first-order valence-electron chi connectivity index (χ1n) is 20.4. The molecule has 0 atom stereocenters. The zero-order valence-electron chi connectivity index (χ0n) is 33.3. The van der Waals surface area contributed by atoms with Gasteiger partial charge in [-0.25, -0.2) is 0 Å². The molecule has 1 spiro atoms. The van der Waals surface area contributed by atoms with E-state index in [4.69, 9.17) is 0 Å². The van der Waals surface area contributed by atoms with E-state index in [0.717, 1.165) is 0 Å². The fraction of sp³-hybridized carbons (Fsp3) is 0.127. The summed E-state index contributed by atoms with van der Waals surface area (Å²) in [6.45, 7) is 11.8. The second kappa shape index (κ2) is 12.3. The van der Waals surface area contributed by atoms with E-state index >= 15 is 0 Å². The molecule has 2 heteroatoms. The van der Waals surface area contributed by atoms with Crippen molar-refractivity contribution >= 4 is 47.9 Å². The molecular weight excluding hydrogens is 747 g/mol. The molecule has 0 fully saturated rings. The van der Waals surface area contributed by atoms with Gasteiger partial charge in [-0.15, -0.1) is 0 Å². The first-order valence-corrected chi connectivity index (χ1v) is 24.6. The Morgan fingerprint density at radius 1 is 0.404 bits per heavy atom. The van der Waals surface area contributed by atoms with Crippen LogP contribution in [0.15, 0.2) is 182 Å². The zero-order valence-corrected chi connectivity index (χ0v) is 35.4. The van der Waals surface area contributed by atoms with Gasteiger partial charge in [-0.05, 0) is 0 Å². The van der Waals surface area contributed by atoms with E-state index in [0.29, 0.717) is 0 Å². The van der Waals surface area contributed by atoms with Gasteiger partial charge in [0.1, 0.15) is 0 Å². The van der Waals surface area contributed by atoms with Crippen molar-refractivity contribution in [3.8, 4) is 44.5 Å². The number of hydrogen-bond donors (Lipinski definition) is 0. The summed E-state index contributed by atoms with van der Waals surface area (Å²) in [7, 11) is 0. The molecule has 0 amide bonds. The molecule has 2 aliphatic heterocycles. The summed E-state index contributed by atoms with van der Waals surface area (Å²) >= 11 is -3.52. The molecule has 0 saturated carbocycles. The Bertz CT molecular complexity index is 2880. The molecule has 3 aliphatic rings. The summed E-state index contributed by atoms with van der Waals surface area (Å²) in [5, 5.41) is 0. The maximum atomic E-state index is 2.61. The van der Waals surface area contributed by atoms with Gasteiger partial charge in [0.15, 0.2) is 0 Å². The van der Waals surface area contributed by atoms with Crippen molar-refractivity contribution in [2.24, 2.45) is 0 Å². The fourth-order valence-electron chi connectivity index (χ4n) is 10.5. The minimum atomic E-state index is -3.52. The molecule has 1 nitrogen and oxygen atoms in total. The van der Waals surface area contributed by atoms with Gasteiger partial charge in [0.25, 0.3) is 0 Å². The van der Waals surface area contributed by atoms with Gasteiger partial charge in [-0.1, -0.05) is 0 Å². The summed E-state index contributed by atoms with van der Waals surface area (Å²) in [4.78, 5) is 2.55. The van der Waals surface area contributed by atoms with Crippen molar-refractivity contribution in [2.45, 2.75) is 45.4 Å². The van der Waals surface area contributed by atoms with Crippen LogP contribution in [-0.2, 0) is 10.8 Å². The van der Waals surface area contributed by atoms with Gasteiger partial charge in [-0.2, -0.15) is 0 Å². The van der Waals surface area contributed by atoms with E-state index in [-0.39, 0.29) is 10.8 Å². The van der Waals surface area contributed by atoms with Gasteiger partial charge < -0.3 is 0 Å². The Kier molecular flexibility index (Phi) is 7.41. The normalized spacial score (nSPS) is 14.7. The number of para-hydroxylation sites is 1. The van der Waals surface area contributed by atoms with Crippen LogP contribution in [-0.4, -0.2) is 13.3 Å². The van der Waals surface area contributed by atoms with Gasteiger partial charge in [0.2, 0.25) is 0 Å². The zero-order chi connectivity index (χ0) is 38.7. The molecule has 2 heterocycles. The Balaban J connectivity index is 1.20. The monoisotopic (exact) mass is 793 g/mol. The summed E-state index contributed by atoms with van der Waals surface area (Å²) < 4.78 is 6.20. The van der Waals surface area contributed by atoms with Crippen LogP contribution in [0.2, 0.25) is 0 Å². The third kappa shape index (κ3) is 4.82. The predicted molar refractivity (Wildman–Crippen MR) is 244 cm³/mol. The number of benzene rings is 8. The molecule has 8 aromatic rings. The van der Waals surface area contributed by atoms with Gasteiger partial charge >= 0.3 is 341 Å². The Morgan fingerprint density at radius 3 is 1.58 bits per heavy atom. The minimum absolute atomic E-state index is 0.0367. The molecule has 57 heavy (non-hydrogen) atoms. The van der Waals surface area contributed by atoms with Crippen LogP contribution >= 0.6 is 0 Å². The van der Waals surface area contributed by atoms with Crippen LogP contribution in [0.25, 0.3) is 44.5 Å². The number of fused-ring (bicyclic) bond motifs is 13. The summed E-state index contributed by atoms with van der Waals surface area (Å²) in [5.74, 6) is 0. The van der Waals surface area contributed by atoms with E-state index in [9.17, 15) is 0 Å². The molecule has 0 saturated heterocycles. The first-order chi connectivity index (χ1) is 27.7. The second-order valence-electron chi connectivity index (χ2n) is 17.7. The van der Waals surface area contributed by atoms with Crippen LogP contribution in [0.1, 0.15) is 51.3 Å². The average molecular weight is 793 g/mol. The fourth-order valence-corrected chi connectivity index (χ4v) is 22.4. The topological polar surface area (TPSA) is 3.24 Å². The second-order valence-corrected chi connectivity index (χ2v) is 25.4. The number of hydrogen-bond acceptors (Lipinski definition) is 1. The van der Waals surface area contributed by atoms with Crippen LogP contribution in [0.5, 0.6) is 0 Å². The van der Waals surface area contributed by atoms with E-state index in [1.54, 1.807) is 13.2 Å². The standard InChI is InChI=1S/C55H45GeN/c1-54(2,3)37-27-30-45-46-32-29-39(35-52(46)56(51(45)33-37)49-24-14-10-21-43(49)44-22-11-15-25-50(44)56)57(53-26-16-12-19-40(53)36-17-7-6-8-18-36)38-28-31-42-41-20-9-13-23-47(41)55(4,5)48(42)34-38/h6-35H,1-5H3. The Hall–Kier alpha value is -5.90. The van der Waals surface area contributed by atoms with Crippen LogP contribution in [0.4, 0.5) is 17.1 Å². The summed E-state index contributed by atoms with van der Waals surface area (Å²) in [6.07, 6.45) is 0. The molecule has 0 bridgehead atoms. The molecule has 274 valence electrons. The summed E-state index contributed by atoms with van der Waals surface area (Å²) in [6, 6.07) is 69.6. The molecule has 1 aliphatic carbocycles. The number of anilines is 3. The summed E-state index contributed by atoms with van der Waals surface area (Å²) in [5.41, 5.74) is 18.4. The predicted octanol–water partition coefficient (Wildman–Crippen LogP) is 11.8. The quantitative estimate of drug-likeness (QED) is 0.161. The average Bonchev–Trinajstić information content (AvgIpc) is 3.79. The van der Waals surface area contributed by atoms with Gasteiger partial charge in [-0.3, -0.25) is 0 Å². The van der Waals surface area contributed by atoms with Crippen molar-refractivity contribution in [1.82, 2.24) is 0 Å². The molecular formula is C55H45GeN. The van der Waals surface area contributed by atoms with Gasteiger partial charge in [0.05, 0.1) is 0 Å². The molecule has 0 unspecified atom stereocenters. The molecule has 0 N–H and O–H groups in total. The van der Waals surface area contributed by atoms with Crippen molar-refractivity contribution in [3.05, 3.63) is 199 Å². The molecule has 0 aromatic heterocycles. The van der Waals surface area contributed by atoms with Crippen molar-refractivity contribution in [1.29, 1.82) is 0 Å². The van der Waals surface area contributed by atoms with E-state index < -0.39 is 13.3 Å². The van der Waals surface area contributed by atoms with Crippen LogP contribution in [0, 0.1) is 0 Å². The SMILES string of the molecule is CC(C)(C)c1ccc2[c](c1)[Ge]1([c]3ccccc3-c3cccc[c]31)[c]1cc(N(c3ccc4c(c3)C(C)(C)c3ccccc3-4)c3ccccc3-c3ccccc3)ccc1-2. The van der Waals surface area contributed by atoms with E-state index in [1.807, 2.05) is 0 Å². The third-order valence-electron chi connectivity index (χ3n) is 13.3. The van der Waals surface area contributed by atoms with Crippen LogP contribution < -0.4 is 22.5 Å². The first kappa shape index (κ1) is 34.4. The van der Waals surface area contributed by atoms with Crippen molar-refractivity contribution in [3.63, 3.8) is 0 Å². The molecule has 8 aromatic carbocycles. The van der Waals surface area contributed by atoms with Crippen molar-refractivity contribution < 1.29 is 0 Å². The number of nitrogens with zero attached hydrogens (tertiary/aromatic N) is 1. The Labute approximate surface area is 339 Å². The van der Waals surface area contributed by atoms with Gasteiger partial charge in [0, 0.05) is 0 Å². The molecule has 11 rings (SSSR count). The van der Waals surface area contributed by atoms with Crippen molar-refractivity contribution in [2.75, 3.05) is 4.90 Å². The Morgan fingerprint density at radius 2 is 0.895 bits per heavy atom.